The van der Waals surface area contributed by atoms with E-state index in [-0.39, 0.29) is 0 Å². The quantitative estimate of drug-likeness (QED) is 0.891. The second kappa shape index (κ2) is 5.50. The van der Waals surface area contributed by atoms with E-state index in [1.165, 1.54) is 18.5 Å². The Morgan fingerprint density at radius 1 is 1.53 bits per heavy atom. The van der Waals surface area contributed by atoms with Gasteiger partial charge >= 0.3 is 0 Å². The van der Waals surface area contributed by atoms with E-state index in [0.29, 0.717) is 18.6 Å². The smallest absolute Gasteiger partial charge is 0.0739 e. The molecule has 0 radical (unpaired) electrons. The molecule has 2 unspecified atom stereocenters. The summed E-state index contributed by atoms with van der Waals surface area (Å²) < 4.78 is 3.00. The highest BCUT2D eigenvalue weighted by Crippen LogP contribution is 2.26. The molecule has 0 saturated heterocycles. The summed E-state index contributed by atoms with van der Waals surface area (Å²) in [6, 6.07) is 0.446. The number of aliphatic hydroxyl groups excluding tert-OH is 1. The van der Waals surface area contributed by atoms with Gasteiger partial charge in [0.15, 0.2) is 0 Å². The molecule has 0 bridgehead atoms. The zero-order valence-electron chi connectivity index (χ0n) is 10.4. The van der Waals surface area contributed by atoms with Crippen LogP contribution in [-0.2, 0) is 13.6 Å². The molecule has 96 valence electrons. The van der Waals surface area contributed by atoms with E-state index in [4.69, 9.17) is 0 Å². The molecule has 1 aromatic rings. The van der Waals surface area contributed by atoms with E-state index < -0.39 is 0 Å². The number of aliphatic hydroxyl groups is 1. The lowest BCUT2D eigenvalue weighted by atomic mass is 10.1. The third kappa shape index (κ3) is 2.72. The van der Waals surface area contributed by atoms with Gasteiger partial charge in [-0.1, -0.05) is 6.42 Å². The summed E-state index contributed by atoms with van der Waals surface area (Å²) in [5.74, 6) is 0.420. The number of aryl methyl sites for hydroxylation is 2. The van der Waals surface area contributed by atoms with Gasteiger partial charge in [-0.05, 0) is 41.6 Å². The SMILES string of the molecule is Cc1nn(C)c(CNC2CCCC2CO)c1Br. The van der Waals surface area contributed by atoms with Gasteiger partial charge in [-0.25, -0.2) is 0 Å². The monoisotopic (exact) mass is 301 g/mol. The van der Waals surface area contributed by atoms with Crippen molar-refractivity contribution in [2.45, 2.75) is 38.8 Å². The molecular formula is C12H20BrN3O. The molecule has 2 atom stereocenters. The van der Waals surface area contributed by atoms with Crippen LogP contribution in [0.25, 0.3) is 0 Å². The highest BCUT2D eigenvalue weighted by molar-refractivity contribution is 9.10. The van der Waals surface area contributed by atoms with Gasteiger partial charge in [-0.2, -0.15) is 5.10 Å². The molecule has 1 saturated carbocycles. The van der Waals surface area contributed by atoms with Crippen LogP contribution in [0.2, 0.25) is 0 Å². The molecule has 0 aliphatic heterocycles. The number of hydrogen-bond donors (Lipinski definition) is 2. The molecule has 1 aliphatic rings. The predicted octanol–water partition coefficient (Wildman–Crippen LogP) is 1.74. The fourth-order valence-corrected chi connectivity index (χ4v) is 3.10. The van der Waals surface area contributed by atoms with Crippen molar-refractivity contribution in [3.63, 3.8) is 0 Å². The van der Waals surface area contributed by atoms with Crippen LogP contribution >= 0.6 is 15.9 Å². The standard InChI is InChI=1S/C12H20BrN3O/c1-8-12(13)11(16(2)15-8)6-14-10-5-3-4-9(10)7-17/h9-10,14,17H,3-7H2,1-2H3. The van der Waals surface area contributed by atoms with E-state index in [2.05, 4.69) is 26.3 Å². The maximum Gasteiger partial charge on any atom is 0.0739 e. The summed E-state index contributed by atoms with van der Waals surface area (Å²) in [5, 5.41) is 17.2. The first kappa shape index (κ1) is 13.1. The van der Waals surface area contributed by atoms with Crippen LogP contribution in [0, 0.1) is 12.8 Å². The van der Waals surface area contributed by atoms with Gasteiger partial charge in [0.25, 0.3) is 0 Å². The molecule has 2 rings (SSSR count). The molecule has 5 heteroatoms. The Balaban J connectivity index is 1.97. The van der Waals surface area contributed by atoms with Crippen molar-refractivity contribution in [3.8, 4) is 0 Å². The van der Waals surface area contributed by atoms with Crippen molar-refractivity contribution < 1.29 is 5.11 Å². The zero-order valence-corrected chi connectivity index (χ0v) is 12.0. The first-order chi connectivity index (χ1) is 8.13. The van der Waals surface area contributed by atoms with E-state index >= 15 is 0 Å². The Hall–Kier alpha value is -0.390. The lowest BCUT2D eigenvalue weighted by Crippen LogP contribution is -2.34. The van der Waals surface area contributed by atoms with Gasteiger partial charge in [-0.15, -0.1) is 0 Å². The minimum Gasteiger partial charge on any atom is -0.396 e. The molecule has 1 aliphatic carbocycles. The minimum atomic E-state index is 0.295. The molecule has 4 nitrogen and oxygen atoms in total. The van der Waals surface area contributed by atoms with E-state index in [1.54, 1.807) is 0 Å². The maximum atomic E-state index is 9.28. The van der Waals surface area contributed by atoms with Crippen LogP contribution in [0.4, 0.5) is 0 Å². The molecule has 0 amide bonds. The van der Waals surface area contributed by atoms with Crippen LogP contribution in [0.1, 0.15) is 30.7 Å². The predicted molar refractivity (Wildman–Crippen MR) is 70.7 cm³/mol. The van der Waals surface area contributed by atoms with Crippen LogP contribution < -0.4 is 5.32 Å². The van der Waals surface area contributed by atoms with Crippen molar-refractivity contribution in [1.82, 2.24) is 15.1 Å². The number of rotatable bonds is 4. The summed E-state index contributed by atoms with van der Waals surface area (Å²) in [6.45, 7) is 3.10. The second-order valence-corrected chi connectivity index (χ2v) is 5.62. The van der Waals surface area contributed by atoms with E-state index in [0.717, 1.165) is 23.1 Å². The molecule has 2 N–H and O–H groups in total. The summed E-state index contributed by atoms with van der Waals surface area (Å²) in [7, 11) is 1.97. The minimum absolute atomic E-state index is 0.295. The summed E-state index contributed by atoms with van der Waals surface area (Å²) >= 11 is 3.57. The number of halogens is 1. The third-order valence-electron chi connectivity index (χ3n) is 3.69. The van der Waals surface area contributed by atoms with Crippen LogP contribution in [0.5, 0.6) is 0 Å². The largest absolute Gasteiger partial charge is 0.396 e. The maximum absolute atomic E-state index is 9.28. The highest BCUT2D eigenvalue weighted by Gasteiger charge is 2.26. The van der Waals surface area contributed by atoms with Crippen LogP contribution in [-0.4, -0.2) is 27.5 Å². The number of hydrogen-bond acceptors (Lipinski definition) is 3. The average molecular weight is 302 g/mol. The molecule has 0 spiro atoms. The Bertz CT molecular complexity index is 391. The van der Waals surface area contributed by atoms with E-state index in [1.807, 2.05) is 18.7 Å². The first-order valence-corrected chi connectivity index (χ1v) is 6.95. The number of nitrogens with zero attached hydrogens (tertiary/aromatic N) is 2. The van der Waals surface area contributed by atoms with Gasteiger partial charge < -0.3 is 10.4 Å². The van der Waals surface area contributed by atoms with Crippen LogP contribution in [0.15, 0.2) is 4.47 Å². The molecule has 1 heterocycles. The zero-order chi connectivity index (χ0) is 12.4. The first-order valence-electron chi connectivity index (χ1n) is 6.15. The van der Waals surface area contributed by atoms with Gasteiger partial charge in [-0.3, -0.25) is 4.68 Å². The summed E-state index contributed by atoms with van der Waals surface area (Å²) in [6.07, 6.45) is 3.52. The van der Waals surface area contributed by atoms with E-state index in [9.17, 15) is 5.11 Å². The Morgan fingerprint density at radius 3 is 2.88 bits per heavy atom. The van der Waals surface area contributed by atoms with Gasteiger partial charge in [0.2, 0.25) is 0 Å². The molecule has 1 aromatic heterocycles. The fourth-order valence-electron chi connectivity index (χ4n) is 2.62. The molecular weight excluding hydrogens is 282 g/mol. The lowest BCUT2D eigenvalue weighted by molar-refractivity contribution is 0.204. The third-order valence-corrected chi connectivity index (χ3v) is 4.72. The molecule has 17 heavy (non-hydrogen) atoms. The van der Waals surface area contributed by atoms with Crippen LogP contribution in [0.3, 0.4) is 0 Å². The van der Waals surface area contributed by atoms with Gasteiger partial charge in [0.1, 0.15) is 0 Å². The normalized spacial score (nSPS) is 24.5. The Morgan fingerprint density at radius 2 is 2.29 bits per heavy atom. The van der Waals surface area contributed by atoms with Crippen molar-refractivity contribution in [2.75, 3.05) is 6.61 Å². The topological polar surface area (TPSA) is 50.1 Å². The van der Waals surface area contributed by atoms with Gasteiger partial charge in [0, 0.05) is 26.2 Å². The summed E-state index contributed by atoms with van der Waals surface area (Å²) in [4.78, 5) is 0. The average Bonchev–Trinajstić information content (AvgIpc) is 2.84. The van der Waals surface area contributed by atoms with Crippen molar-refractivity contribution in [1.29, 1.82) is 0 Å². The highest BCUT2D eigenvalue weighted by atomic mass is 79.9. The molecule has 1 fully saturated rings. The van der Waals surface area contributed by atoms with Crippen molar-refractivity contribution in [3.05, 3.63) is 15.9 Å². The summed E-state index contributed by atoms with van der Waals surface area (Å²) in [5.41, 5.74) is 2.19. The number of nitrogens with one attached hydrogen (secondary N) is 1. The lowest BCUT2D eigenvalue weighted by Gasteiger charge is -2.19. The Kier molecular flexibility index (Phi) is 4.22. The Labute approximate surface area is 111 Å². The molecule has 0 aromatic carbocycles. The van der Waals surface area contributed by atoms with Gasteiger partial charge in [0.05, 0.1) is 15.9 Å². The van der Waals surface area contributed by atoms with Crippen molar-refractivity contribution in [2.24, 2.45) is 13.0 Å². The second-order valence-electron chi connectivity index (χ2n) is 4.83. The fraction of sp³-hybridized carbons (Fsp3) is 0.750. The number of aromatic nitrogens is 2. The van der Waals surface area contributed by atoms with Crippen molar-refractivity contribution >= 4 is 15.9 Å².